The number of ether oxygens (including phenoxy) is 1. The van der Waals surface area contributed by atoms with Crippen LogP contribution in [0.2, 0.25) is 0 Å². The summed E-state index contributed by atoms with van der Waals surface area (Å²) in [5.41, 5.74) is 13.3. The highest BCUT2D eigenvalue weighted by molar-refractivity contribution is 5.53. The summed E-state index contributed by atoms with van der Waals surface area (Å²) in [6.07, 6.45) is 3.31. The van der Waals surface area contributed by atoms with Crippen molar-refractivity contribution in [3.63, 3.8) is 0 Å². The molecule has 1 unspecified atom stereocenters. The van der Waals surface area contributed by atoms with Gasteiger partial charge in [0.05, 0.1) is 12.0 Å². The molecule has 0 aromatic heterocycles. The number of hydrogen-bond acceptors (Lipinski definition) is 5. The van der Waals surface area contributed by atoms with Crippen molar-refractivity contribution in [1.82, 2.24) is 10.2 Å². The molecule has 0 amide bonds. The van der Waals surface area contributed by atoms with Crippen LogP contribution in [0, 0.1) is 6.92 Å². The van der Waals surface area contributed by atoms with E-state index < -0.39 is 0 Å². The van der Waals surface area contributed by atoms with Gasteiger partial charge in [-0.3, -0.25) is 0 Å². The maximum atomic E-state index is 5.96. The molecule has 0 fully saturated rings. The normalized spacial score (nSPS) is 11.6. The SMILES string of the molecule is CC.CC.CCCCOC(C)N(C)C(/N=C\N)=C(\N)CNC.Cc1ccccc1. The number of aryl methyl sites for hydroxylation is 1. The number of nitrogens with one attached hydrogen (secondary N) is 1. The fourth-order valence-electron chi connectivity index (χ4n) is 1.96. The molecule has 0 radical (unpaired) electrons. The molecular weight excluding hydrogens is 362 g/mol. The van der Waals surface area contributed by atoms with E-state index in [0.29, 0.717) is 18.1 Å². The number of nitrogens with zero attached hydrogens (tertiary/aromatic N) is 2. The second-order valence-corrected chi connectivity index (χ2v) is 5.75. The van der Waals surface area contributed by atoms with E-state index in [-0.39, 0.29) is 6.23 Å². The van der Waals surface area contributed by atoms with Crippen LogP contribution in [0.25, 0.3) is 0 Å². The van der Waals surface area contributed by atoms with Crippen molar-refractivity contribution in [3.05, 3.63) is 47.4 Å². The Kier molecular flexibility index (Phi) is 26.2. The minimum absolute atomic E-state index is 0.0920. The number of benzene rings is 1. The lowest BCUT2D eigenvalue weighted by Crippen LogP contribution is -2.34. The van der Waals surface area contributed by atoms with Crippen molar-refractivity contribution in [2.24, 2.45) is 16.5 Å². The molecule has 0 aliphatic rings. The largest absolute Gasteiger partial charge is 0.398 e. The van der Waals surface area contributed by atoms with E-state index in [2.05, 4.69) is 36.3 Å². The van der Waals surface area contributed by atoms with Gasteiger partial charge in [0, 0.05) is 20.2 Å². The second kappa shape index (κ2) is 24.0. The van der Waals surface area contributed by atoms with Crippen LogP contribution in [-0.4, -0.2) is 44.7 Å². The zero-order valence-corrected chi connectivity index (χ0v) is 20.3. The first-order chi connectivity index (χ1) is 14.0. The quantitative estimate of drug-likeness (QED) is 0.242. The Morgan fingerprint density at radius 2 is 1.76 bits per heavy atom. The molecule has 1 aromatic carbocycles. The second-order valence-electron chi connectivity index (χ2n) is 5.75. The molecule has 0 aliphatic heterocycles. The average molecular weight is 410 g/mol. The molecule has 1 aromatic rings. The van der Waals surface area contributed by atoms with Gasteiger partial charge in [-0.05, 0) is 27.3 Å². The number of unbranched alkanes of at least 4 members (excludes halogenated alkanes) is 1. The average Bonchev–Trinajstić information content (AvgIpc) is 2.75. The van der Waals surface area contributed by atoms with Gasteiger partial charge < -0.3 is 26.4 Å². The van der Waals surface area contributed by atoms with Gasteiger partial charge in [0.2, 0.25) is 0 Å². The highest BCUT2D eigenvalue weighted by atomic mass is 16.5. The third kappa shape index (κ3) is 17.8. The monoisotopic (exact) mass is 409 g/mol. The molecule has 5 N–H and O–H groups in total. The summed E-state index contributed by atoms with van der Waals surface area (Å²) in [7, 11) is 3.72. The number of likely N-dealkylation sites (N-methyl/N-ethyl adjacent to an activating group) is 1. The van der Waals surface area contributed by atoms with E-state index in [4.69, 9.17) is 16.2 Å². The van der Waals surface area contributed by atoms with Gasteiger partial charge in [-0.15, -0.1) is 0 Å². The first-order valence-corrected chi connectivity index (χ1v) is 10.7. The van der Waals surface area contributed by atoms with Crippen molar-refractivity contribution in [3.8, 4) is 0 Å². The summed E-state index contributed by atoms with van der Waals surface area (Å²) in [5, 5.41) is 2.99. The Balaban J connectivity index is -0.000000504. The number of nitrogens with two attached hydrogens (primary N) is 2. The number of hydrogen-bond donors (Lipinski definition) is 3. The molecule has 6 heteroatoms. The van der Waals surface area contributed by atoms with Gasteiger partial charge in [-0.1, -0.05) is 76.9 Å². The molecule has 29 heavy (non-hydrogen) atoms. The summed E-state index contributed by atoms with van der Waals surface area (Å²) in [5.74, 6) is 0.635. The van der Waals surface area contributed by atoms with Gasteiger partial charge in [0.1, 0.15) is 6.23 Å². The Bertz CT molecular complexity index is 503. The summed E-state index contributed by atoms with van der Waals surface area (Å²) >= 11 is 0. The van der Waals surface area contributed by atoms with E-state index in [9.17, 15) is 0 Å². The fourth-order valence-corrected chi connectivity index (χ4v) is 1.96. The zero-order chi connectivity index (χ0) is 23.1. The van der Waals surface area contributed by atoms with Crippen LogP contribution in [0.1, 0.15) is 59.9 Å². The molecular formula is C23H47N5O. The minimum Gasteiger partial charge on any atom is -0.398 e. The molecule has 0 spiro atoms. The topological polar surface area (TPSA) is 88.9 Å². The van der Waals surface area contributed by atoms with E-state index >= 15 is 0 Å². The first-order valence-electron chi connectivity index (χ1n) is 10.7. The highest BCUT2D eigenvalue weighted by Crippen LogP contribution is 2.11. The van der Waals surface area contributed by atoms with Crippen LogP contribution in [0.3, 0.4) is 0 Å². The Morgan fingerprint density at radius 3 is 2.14 bits per heavy atom. The maximum absolute atomic E-state index is 5.96. The van der Waals surface area contributed by atoms with Crippen LogP contribution < -0.4 is 16.8 Å². The molecule has 0 saturated heterocycles. The third-order valence-electron chi connectivity index (χ3n) is 3.53. The molecule has 170 valence electrons. The summed E-state index contributed by atoms with van der Waals surface area (Å²) in [6, 6.07) is 10.3. The van der Waals surface area contributed by atoms with Crippen LogP contribution >= 0.6 is 0 Å². The van der Waals surface area contributed by atoms with Crippen molar-refractivity contribution in [1.29, 1.82) is 0 Å². The van der Waals surface area contributed by atoms with Crippen LogP contribution in [-0.2, 0) is 4.74 Å². The fraction of sp³-hybridized carbons (Fsp3) is 0.609. The van der Waals surface area contributed by atoms with Gasteiger partial charge in [-0.25, -0.2) is 4.99 Å². The third-order valence-corrected chi connectivity index (χ3v) is 3.53. The first kappa shape index (κ1) is 31.6. The van der Waals surface area contributed by atoms with E-state index in [0.717, 1.165) is 19.4 Å². The van der Waals surface area contributed by atoms with E-state index in [1.165, 1.54) is 11.9 Å². The lowest BCUT2D eigenvalue weighted by Gasteiger charge is -2.28. The predicted octanol–water partition coefficient (Wildman–Crippen LogP) is 4.46. The molecule has 6 nitrogen and oxygen atoms in total. The smallest absolute Gasteiger partial charge is 0.152 e. The Morgan fingerprint density at radius 1 is 1.21 bits per heavy atom. The maximum Gasteiger partial charge on any atom is 0.152 e. The van der Waals surface area contributed by atoms with Gasteiger partial charge in [0.25, 0.3) is 0 Å². The summed E-state index contributed by atoms with van der Waals surface area (Å²) < 4.78 is 5.70. The zero-order valence-electron chi connectivity index (χ0n) is 20.3. The minimum atomic E-state index is -0.0920. The number of aliphatic imine (C=N–C) groups is 1. The Labute approximate surface area is 180 Å². The van der Waals surface area contributed by atoms with E-state index in [1.807, 2.05) is 71.8 Å². The van der Waals surface area contributed by atoms with Crippen molar-refractivity contribution >= 4 is 6.34 Å². The summed E-state index contributed by atoms with van der Waals surface area (Å²) in [6.45, 7) is 15.5. The van der Waals surface area contributed by atoms with Crippen LogP contribution in [0.15, 0.2) is 46.8 Å². The van der Waals surface area contributed by atoms with Crippen molar-refractivity contribution in [2.45, 2.75) is 67.5 Å². The lowest BCUT2D eigenvalue weighted by molar-refractivity contribution is -0.0208. The van der Waals surface area contributed by atoms with Crippen LogP contribution in [0.5, 0.6) is 0 Å². The molecule has 0 aliphatic carbocycles. The molecule has 0 saturated carbocycles. The van der Waals surface area contributed by atoms with Gasteiger partial charge >= 0.3 is 0 Å². The lowest BCUT2D eigenvalue weighted by atomic mass is 10.2. The van der Waals surface area contributed by atoms with Gasteiger partial charge in [-0.2, -0.15) is 0 Å². The molecule has 0 bridgehead atoms. The number of rotatable bonds is 9. The predicted molar refractivity (Wildman–Crippen MR) is 130 cm³/mol. The molecule has 1 atom stereocenters. The summed E-state index contributed by atoms with van der Waals surface area (Å²) in [4.78, 5) is 5.99. The standard InChI is InChI=1S/C12H27N5O.C7H8.2C2H6/c1-5-6-7-18-10(2)17(4)12(16-9-13)11(14)8-15-3;1-7-5-3-2-4-6-7;2*1-2/h9-10,15H,5-8,14H2,1-4H3,(H2,13,16);2-6H,1H3;2*1-2H3/b12-11-;;;. The Hall–Kier alpha value is -2.05. The van der Waals surface area contributed by atoms with Crippen molar-refractivity contribution in [2.75, 3.05) is 27.2 Å². The van der Waals surface area contributed by atoms with Gasteiger partial charge in [0.15, 0.2) is 5.82 Å². The van der Waals surface area contributed by atoms with Crippen molar-refractivity contribution < 1.29 is 4.74 Å². The van der Waals surface area contributed by atoms with Crippen LogP contribution in [0.4, 0.5) is 0 Å². The molecule has 0 heterocycles. The molecule has 1 rings (SSSR count). The highest BCUT2D eigenvalue weighted by Gasteiger charge is 2.14. The van der Waals surface area contributed by atoms with E-state index in [1.54, 1.807) is 0 Å².